The van der Waals surface area contributed by atoms with Crippen molar-refractivity contribution >= 4 is 48.6 Å². The van der Waals surface area contributed by atoms with E-state index in [0.717, 1.165) is 37.2 Å². The molecule has 3 aromatic carbocycles. The Balaban J connectivity index is 1.43. The van der Waals surface area contributed by atoms with E-state index in [2.05, 4.69) is 112 Å². The quantitative estimate of drug-likeness (QED) is 0.183. The number of benzene rings is 3. The first-order chi connectivity index (χ1) is 24.6. The minimum absolute atomic E-state index is 0.274. The van der Waals surface area contributed by atoms with Gasteiger partial charge in [0.1, 0.15) is 5.82 Å². The van der Waals surface area contributed by atoms with Crippen molar-refractivity contribution in [3.63, 3.8) is 0 Å². The fraction of sp³-hybridized carbons (Fsp3) is 0.522. The predicted molar refractivity (Wildman–Crippen MR) is 226 cm³/mol. The lowest BCUT2D eigenvalue weighted by molar-refractivity contribution is 0.476. The summed E-state index contributed by atoms with van der Waals surface area (Å²) in [7, 11) is -0.465. The Labute approximate surface area is 320 Å². The Kier molecular flexibility index (Phi) is 11.4. The van der Waals surface area contributed by atoms with Gasteiger partial charge in [-0.25, -0.2) is 0 Å². The number of nitrogens with zero attached hydrogens (tertiary/aromatic N) is 2. The fourth-order valence-electron chi connectivity index (χ4n) is 10.5. The van der Waals surface area contributed by atoms with Crippen LogP contribution >= 0.6 is 31.1 Å². The predicted octanol–water partition coefficient (Wildman–Crippen LogP) is 13.6. The Hall–Kier alpha value is -2.25. The summed E-state index contributed by atoms with van der Waals surface area (Å²) in [6.45, 7) is 15.4. The second-order valence-electron chi connectivity index (χ2n) is 16.3. The van der Waals surface area contributed by atoms with Crippen LogP contribution in [0.2, 0.25) is 0 Å². The summed E-state index contributed by atoms with van der Waals surface area (Å²) < 4.78 is -0.398. The van der Waals surface area contributed by atoms with Crippen molar-refractivity contribution in [1.29, 1.82) is 0 Å². The topological polar surface area (TPSA) is 6.48 Å². The third-order valence-electron chi connectivity index (χ3n) is 12.4. The van der Waals surface area contributed by atoms with Crippen molar-refractivity contribution in [3.05, 3.63) is 111 Å². The lowest BCUT2D eigenvalue weighted by Gasteiger charge is -2.52. The van der Waals surface area contributed by atoms with Crippen LogP contribution in [0, 0.1) is 41.5 Å². The molecular formula is C46H59Cl2N2P. The molecule has 4 fully saturated rings. The first-order valence-electron chi connectivity index (χ1n) is 19.9. The zero-order valence-electron chi connectivity index (χ0n) is 32.0. The molecule has 0 N–H and O–H groups in total. The molecular weight excluding hydrogens is 682 g/mol. The highest BCUT2D eigenvalue weighted by molar-refractivity contribution is 7.63. The minimum Gasteiger partial charge on any atom is -0.325 e. The number of halogens is 2. The molecule has 1 heterocycles. The molecule has 3 aliphatic carbocycles. The molecule has 3 aromatic rings. The van der Waals surface area contributed by atoms with E-state index in [1.165, 1.54) is 131 Å². The highest BCUT2D eigenvalue weighted by Crippen LogP contribution is 2.71. The van der Waals surface area contributed by atoms with Crippen LogP contribution in [0.25, 0.3) is 6.08 Å². The summed E-state index contributed by atoms with van der Waals surface area (Å²) in [6, 6.07) is 20.3. The average Bonchev–Trinajstić information content (AvgIpc) is 3.50. The first kappa shape index (κ1) is 37.1. The second kappa shape index (κ2) is 15.6. The van der Waals surface area contributed by atoms with E-state index in [0.29, 0.717) is 0 Å². The Bertz CT molecular complexity index is 1650. The molecule has 1 saturated heterocycles. The SMILES string of the molecule is Cc1cc(C)c(N2CCN(c3c(C)cc(C)cc3C)C2=C2CCC(Cl)(P(C3CCCCC3)C3CCCCC3)C(=Cc3ccccc3)C2Cl)c(C)c1. The third kappa shape index (κ3) is 7.33. The summed E-state index contributed by atoms with van der Waals surface area (Å²) in [4.78, 5) is 5.25. The Morgan fingerprint density at radius 3 is 1.57 bits per heavy atom. The van der Waals surface area contributed by atoms with Gasteiger partial charge in [-0.3, -0.25) is 0 Å². The van der Waals surface area contributed by atoms with Gasteiger partial charge < -0.3 is 9.80 Å². The van der Waals surface area contributed by atoms with Crippen LogP contribution in [0.4, 0.5) is 11.4 Å². The van der Waals surface area contributed by atoms with Crippen molar-refractivity contribution in [3.8, 4) is 0 Å². The van der Waals surface area contributed by atoms with Crippen molar-refractivity contribution in [2.24, 2.45) is 0 Å². The molecule has 0 amide bonds. The normalized spacial score (nSPS) is 24.7. The van der Waals surface area contributed by atoms with Gasteiger partial charge >= 0.3 is 0 Å². The summed E-state index contributed by atoms with van der Waals surface area (Å²) in [5.74, 6) is 1.29. The van der Waals surface area contributed by atoms with E-state index in [4.69, 9.17) is 23.2 Å². The largest absolute Gasteiger partial charge is 0.325 e. The summed E-state index contributed by atoms with van der Waals surface area (Å²) >= 11 is 16.6. The van der Waals surface area contributed by atoms with E-state index in [9.17, 15) is 0 Å². The van der Waals surface area contributed by atoms with Crippen molar-refractivity contribution in [2.75, 3.05) is 22.9 Å². The molecule has 2 nitrogen and oxygen atoms in total. The van der Waals surface area contributed by atoms with Gasteiger partial charge in [-0.05, 0) is 130 Å². The monoisotopic (exact) mass is 740 g/mol. The van der Waals surface area contributed by atoms with Crippen LogP contribution in [0.3, 0.4) is 0 Å². The molecule has 7 rings (SSSR count). The molecule has 272 valence electrons. The van der Waals surface area contributed by atoms with Gasteiger partial charge in [0.15, 0.2) is 0 Å². The Morgan fingerprint density at radius 2 is 1.12 bits per heavy atom. The molecule has 51 heavy (non-hydrogen) atoms. The summed E-state index contributed by atoms with van der Waals surface area (Å²) in [5.41, 5.74) is 15.9. The molecule has 4 aliphatic rings. The van der Waals surface area contributed by atoms with Gasteiger partial charge in [0.2, 0.25) is 0 Å². The molecule has 2 unspecified atom stereocenters. The van der Waals surface area contributed by atoms with Gasteiger partial charge in [-0.1, -0.05) is 118 Å². The summed E-state index contributed by atoms with van der Waals surface area (Å²) in [6.07, 6.45) is 17.9. The molecule has 2 atom stereocenters. The highest BCUT2D eigenvalue weighted by atomic mass is 35.5. The molecule has 3 saturated carbocycles. The lowest BCUT2D eigenvalue weighted by atomic mass is 9.86. The van der Waals surface area contributed by atoms with E-state index in [-0.39, 0.29) is 5.38 Å². The van der Waals surface area contributed by atoms with Gasteiger partial charge in [0.25, 0.3) is 0 Å². The zero-order chi connectivity index (χ0) is 35.9. The van der Waals surface area contributed by atoms with Crippen LogP contribution in [-0.4, -0.2) is 34.4 Å². The molecule has 0 spiro atoms. The second-order valence-corrected chi connectivity index (χ2v) is 20.7. The average molecular weight is 742 g/mol. The molecule has 0 bridgehead atoms. The van der Waals surface area contributed by atoms with Crippen LogP contribution in [0.15, 0.2) is 71.6 Å². The van der Waals surface area contributed by atoms with Crippen LogP contribution < -0.4 is 9.80 Å². The van der Waals surface area contributed by atoms with Crippen LogP contribution in [-0.2, 0) is 0 Å². The Morgan fingerprint density at radius 1 is 0.667 bits per heavy atom. The first-order valence-corrected chi connectivity index (χ1v) is 22.2. The number of hydrogen-bond acceptors (Lipinski definition) is 2. The molecule has 5 heteroatoms. The number of alkyl halides is 2. The van der Waals surface area contributed by atoms with E-state index < -0.39 is 12.5 Å². The zero-order valence-corrected chi connectivity index (χ0v) is 34.4. The van der Waals surface area contributed by atoms with Gasteiger partial charge in [0, 0.05) is 24.5 Å². The highest BCUT2D eigenvalue weighted by Gasteiger charge is 2.53. The van der Waals surface area contributed by atoms with Crippen molar-refractivity contribution in [1.82, 2.24) is 0 Å². The molecule has 0 aromatic heterocycles. The number of anilines is 2. The standard InChI is InChI=1S/C46H59Cl2N2P/c1-31-26-33(3)43(34(4)27-31)49-24-25-50(44-35(5)28-32(2)29-36(44)6)45(49)40-22-23-46(48,41(42(40)47)30-37-16-10-7-11-17-37)51(38-18-12-8-13-19-38)39-20-14-9-15-21-39/h7,10-11,16-17,26-30,38-39,42H,8-9,12-15,18-25H2,1-6H3. The third-order valence-corrected chi connectivity index (χ3v) is 17.8. The van der Waals surface area contributed by atoms with Gasteiger partial charge in [-0.2, -0.15) is 0 Å². The maximum Gasteiger partial charge on any atom is 0.114 e. The molecule has 0 radical (unpaired) electrons. The lowest BCUT2D eigenvalue weighted by Crippen LogP contribution is -2.41. The minimum atomic E-state index is -0.465. The number of allylic oxidation sites excluding steroid dienone is 2. The van der Waals surface area contributed by atoms with Crippen LogP contribution in [0.5, 0.6) is 0 Å². The smallest absolute Gasteiger partial charge is 0.114 e. The fourth-order valence-corrected chi connectivity index (χ4v) is 16.6. The maximum absolute atomic E-state index is 8.46. The summed E-state index contributed by atoms with van der Waals surface area (Å²) in [5, 5.41) is -0.274. The number of rotatable bonds is 6. The maximum atomic E-state index is 8.46. The van der Waals surface area contributed by atoms with Gasteiger partial charge in [-0.15, -0.1) is 23.2 Å². The van der Waals surface area contributed by atoms with Crippen molar-refractivity contribution in [2.45, 2.75) is 140 Å². The van der Waals surface area contributed by atoms with Crippen molar-refractivity contribution < 1.29 is 0 Å². The van der Waals surface area contributed by atoms with E-state index in [1.807, 2.05) is 0 Å². The van der Waals surface area contributed by atoms with E-state index >= 15 is 0 Å². The number of aryl methyl sites for hydroxylation is 6. The van der Waals surface area contributed by atoms with E-state index in [1.54, 1.807) is 0 Å². The molecule has 1 aliphatic heterocycles. The van der Waals surface area contributed by atoms with Gasteiger partial charge in [0.05, 0.1) is 9.99 Å². The number of hydrogen-bond donors (Lipinski definition) is 0. The van der Waals surface area contributed by atoms with Crippen LogP contribution in [0.1, 0.15) is 116 Å².